The van der Waals surface area contributed by atoms with E-state index in [0.29, 0.717) is 10.0 Å². The van der Waals surface area contributed by atoms with Crippen LogP contribution in [0.2, 0.25) is 10.0 Å². The molecule has 0 aliphatic heterocycles. The molecule has 0 aliphatic carbocycles. The van der Waals surface area contributed by atoms with E-state index in [1.807, 2.05) is 6.07 Å². The van der Waals surface area contributed by atoms with Crippen molar-refractivity contribution in [3.63, 3.8) is 0 Å². The van der Waals surface area contributed by atoms with Gasteiger partial charge in [0.05, 0.1) is 0 Å². The summed E-state index contributed by atoms with van der Waals surface area (Å²) in [6.45, 7) is 2.15. The van der Waals surface area contributed by atoms with Crippen molar-refractivity contribution in [2.24, 2.45) is 5.73 Å². The van der Waals surface area contributed by atoms with Crippen LogP contribution in [0.3, 0.4) is 0 Å². The van der Waals surface area contributed by atoms with Crippen molar-refractivity contribution in [1.82, 2.24) is 0 Å². The summed E-state index contributed by atoms with van der Waals surface area (Å²) in [7, 11) is 0. The van der Waals surface area contributed by atoms with E-state index in [-0.39, 0.29) is 6.04 Å². The van der Waals surface area contributed by atoms with Gasteiger partial charge < -0.3 is 5.73 Å². The molecular formula is C11H15Cl2N. The van der Waals surface area contributed by atoms with E-state index in [4.69, 9.17) is 28.9 Å². The van der Waals surface area contributed by atoms with Gasteiger partial charge in [0.15, 0.2) is 0 Å². The van der Waals surface area contributed by atoms with Gasteiger partial charge >= 0.3 is 0 Å². The lowest BCUT2D eigenvalue weighted by Gasteiger charge is -2.13. The molecule has 1 atom stereocenters. The van der Waals surface area contributed by atoms with Gasteiger partial charge in [0.2, 0.25) is 0 Å². The van der Waals surface area contributed by atoms with E-state index in [1.165, 1.54) is 0 Å². The van der Waals surface area contributed by atoms with Gasteiger partial charge in [-0.25, -0.2) is 0 Å². The molecule has 14 heavy (non-hydrogen) atoms. The first-order valence-corrected chi connectivity index (χ1v) is 5.61. The molecule has 0 aromatic heterocycles. The van der Waals surface area contributed by atoms with Gasteiger partial charge in [-0.3, -0.25) is 0 Å². The fourth-order valence-corrected chi connectivity index (χ4v) is 1.82. The Labute approximate surface area is 95.2 Å². The summed E-state index contributed by atoms with van der Waals surface area (Å²) in [5.41, 5.74) is 6.96. The lowest BCUT2D eigenvalue weighted by Crippen LogP contribution is -2.10. The first-order chi connectivity index (χ1) is 6.65. The Kier molecular flexibility index (Phi) is 4.73. The molecule has 1 rings (SSSR count). The Bertz CT molecular complexity index is 299. The highest BCUT2D eigenvalue weighted by atomic mass is 35.5. The van der Waals surface area contributed by atoms with Crippen molar-refractivity contribution in [3.05, 3.63) is 33.8 Å². The molecule has 1 nitrogen and oxygen atoms in total. The molecule has 1 aromatic rings. The standard InChI is InChI=1S/C11H15Cl2N/c1-2-3-4-11(14)9-7-8(12)5-6-10(9)13/h5-7,11H,2-4,14H2,1H3/t11-/m0/s1. The van der Waals surface area contributed by atoms with Crippen LogP contribution in [0.15, 0.2) is 18.2 Å². The Morgan fingerprint density at radius 1 is 1.36 bits per heavy atom. The average molecular weight is 232 g/mol. The van der Waals surface area contributed by atoms with Crippen molar-refractivity contribution in [2.75, 3.05) is 0 Å². The molecule has 3 heteroatoms. The highest BCUT2D eigenvalue weighted by molar-refractivity contribution is 6.33. The minimum atomic E-state index is 0.00106. The fourth-order valence-electron chi connectivity index (χ4n) is 1.38. The minimum absolute atomic E-state index is 0.00106. The number of halogens is 2. The summed E-state index contributed by atoms with van der Waals surface area (Å²) < 4.78 is 0. The third kappa shape index (κ3) is 3.16. The van der Waals surface area contributed by atoms with E-state index in [0.717, 1.165) is 24.8 Å². The molecule has 0 bridgehead atoms. The first kappa shape index (κ1) is 11.8. The summed E-state index contributed by atoms with van der Waals surface area (Å²) in [5.74, 6) is 0. The molecule has 0 heterocycles. The molecule has 0 spiro atoms. The molecule has 0 fully saturated rings. The molecule has 78 valence electrons. The summed E-state index contributed by atoms with van der Waals surface area (Å²) >= 11 is 11.9. The molecule has 1 aromatic carbocycles. The summed E-state index contributed by atoms with van der Waals surface area (Å²) in [6, 6.07) is 5.43. The van der Waals surface area contributed by atoms with Gasteiger partial charge in [-0.05, 0) is 30.2 Å². The smallest absolute Gasteiger partial charge is 0.0454 e. The lowest BCUT2D eigenvalue weighted by atomic mass is 10.0. The van der Waals surface area contributed by atoms with Crippen molar-refractivity contribution < 1.29 is 0 Å². The number of unbranched alkanes of at least 4 members (excludes halogenated alkanes) is 1. The quantitative estimate of drug-likeness (QED) is 0.827. The number of nitrogens with two attached hydrogens (primary N) is 1. The second-order valence-electron chi connectivity index (χ2n) is 3.41. The van der Waals surface area contributed by atoms with Crippen LogP contribution in [0.5, 0.6) is 0 Å². The second-order valence-corrected chi connectivity index (χ2v) is 4.26. The van der Waals surface area contributed by atoms with Gasteiger partial charge in [-0.15, -0.1) is 0 Å². The SMILES string of the molecule is CCCC[C@H](N)c1cc(Cl)ccc1Cl. The Hall–Kier alpha value is -0.240. The minimum Gasteiger partial charge on any atom is -0.324 e. The van der Waals surface area contributed by atoms with Crippen molar-refractivity contribution in [3.8, 4) is 0 Å². The maximum absolute atomic E-state index is 6.03. The Morgan fingerprint density at radius 2 is 2.07 bits per heavy atom. The molecule has 0 radical (unpaired) electrons. The number of hydrogen-bond acceptors (Lipinski definition) is 1. The molecular weight excluding hydrogens is 217 g/mol. The van der Waals surface area contributed by atoms with Crippen LogP contribution >= 0.6 is 23.2 Å². The van der Waals surface area contributed by atoms with Crippen LogP contribution in [-0.2, 0) is 0 Å². The van der Waals surface area contributed by atoms with Crippen molar-refractivity contribution in [2.45, 2.75) is 32.2 Å². The molecule has 0 saturated carbocycles. The van der Waals surface area contributed by atoms with Crippen LogP contribution in [0.25, 0.3) is 0 Å². The highest BCUT2D eigenvalue weighted by Gasteiger charge is 2.09. The van der Waals surface area contributed by atoms with Crippen LogP contribution in [0, 0.1) is 0 Å². The van der Waals surface area contributed by atoms with Gasteiger partial charge in [0.1, 0.15) is 0 Å². The average Bonchev–Trinajstić information content (AvgIpc) is 2.18. The maximum atomic E-state index is 6.03. The predicted molar refractivity (Wildman–Crippen MR) is 62.9 cm³/mol. The van der Waals surface area contributed by atoms with Crippen LogP contribution in [-0.4, -0.2) is 0 Å². The largest absolute Gasteiger partial charge is 0.324 e. The Balaban J connectivity index is 2.77. The monoisotopic (exact) mass is 231 g/mol. The van der Waals surface area contributed by atoms with Gasteiger partial charge in [0, 0.05) is 16.1 Å². The second kappa shape index (κ2) is 5.59. The molecule has 0 saturated heterocycles. The third-order valence-electron chi connectivity index (χ3n) is 2.23. The number of rotatable bonds is 4. The van der Waals surface area contributed by atoms with Gasteiger partial charge in [-0.1, -0.05) is 43.0 Å². The van der Waals surface area contributed by atoms with Crippen LogP contribution < -0.4 is 5.73 Å². The van der Waals surface area contributed by atoms with E-state index >= 15 is 0 Å². The summed E-state index contributed by atoms with van der Waals surface area (Å²) in [5, 5.41) is 1.40. The zero-order chi connectivity index (χ0) is 10.6. The van der Waals surface area contributed by atoms with Crippen LogP contribution in [0.4, 0.5) is 0 Å². The molecule has 0 unspecified atom stereocenters. The van der Waals surface area contributed by atoms with E-state index in [9.17, 15) is 0 Å². The van der Waals surface area contributed by atoms with E-state index in [2.05, 4.69) is 6.92 Å². The molecule has 0 amide bonds. The third-order valence-corrected chi connectivity index (χ3v) is 2.81. The first-order valence-electron chi connectivity index (χ1n) is 4.85. The highest BCUT2D eigenvalue weighted by Crippen LogP contribution is 2.27. The maximum Gasteiger partial charge on any atom is 0.0454 e. The number of benzene rings is 1. The Morgan fingerprint density at radius 3 is 2.71 bits per heavy atom. The van der Waals surface area contributed by atoms with Gasteiger partial charge in [-0.2, -0.15) is 0 Å². The summed E-state index contributed by atoms with van der Waals surface area (Å²) in [6.07, 6.45) is 3.21. The lowest BCUT2D eigenvalue weighted by molar-refractivity contribution is 0.603. The van der Waals surface area contributed by atoms with Gasteiger partial charge in [0.25, 0.3) is 0 Å². The zero-order valence-corrected chi connectivity index (χ0v) is 9.78. The van der Waals surface area contributed by atoms with Crippen molar-refractivity contribution in [1.29, 1.82) is 0 Å². The topological polar surface area (TPSA) is 26.0 Å². The molecule has 0 aliphatic rings. The van der Waals surface area contributed by atoms with E-state index in [1.54, 1.807) is 12.1 Å². The normalized spacial score (nSPS) is 12.9. The van der Waals surface area contributed by atoms with E-state index < -0.39 is 0 Å². The van der Waals surface area contributed by atoms with Crippen molar-refractivity contribution >= 4 is 23.2 Å². The predicted octanol–water partition coefficient (Wildman–Crippen LogP) is 4.18. The number of hydrogen-bond donors (Lipinski definition) is 1. The molecule has 2 N–H and O–H groups in total. The zero-order valence-electron chi connectivity index (χ0n) is 8.26. The summed E-state index contributed by atoms with van der Waals surface area (Å²) in [4.78, 5) is 0. The fraction of sp³-hybridized carbons (Fsp3) is 0.455. The van der Waals surface area contributed by atoms with Crippen LogP contribution in [0.1, 0.15) is 37.8 Å².